The molecule has 0 spiro atoms. The van der Waals surface area contributed by atoms with Gasteiger partial charge in [0.05, 0.1) is 23.4 Å². The molecule has 0 aliphatic heterocycles. The molecule has 2 aromatic rings. The lowest BCUT2D eigenvalue weighted by atomic mass is 10.1. The molecule has 0 amide bonds. The van der Waals surface area contributed by atoms with Crippen LogP contribution < -0.4 is 4.74 Å². The zero-order valence-corrected chi connectivity index (χ0v) is 7.97. The Hall–Kier alpha value is -2.79. The van der Waals surface area contributed by atoms with Crippen LogP contribution in [-0.2, 0) is 0 Å². The molecule has 0 aliphatic carbocycles. The molecule has 0 bridgehead atoms. The molecule has 0 N–H and O–H groups in total. The summed E-state index contributed by atoms with van der Waals surface area (Å²) in [6.45, 7) is 0. The molecule has 0 saturated carbocycles. The fourth-order valence-corrected chi connectivity index (χ4v) is 1.10. The maximum atomic E-state index is 8.87. The number of nitrogens with zero attached hydrogens (tertiary/aromatic N) is 3. The van der Waals surface area contributed by atoms with Crippen LogP contribution in [0.25, 0.3) is 0 Å². The van der Waals surface area contributed by atoms with E-state index in [9.17, 15) is 0 Å². The van der Waals surface area contributed by atoms with Crippen molar-refractivity contribution >= 4 is 0 Å². The highest BCUT2D eigenvalue weighted by Crippen LogP contribution is 2.24. The van der Waals surface area contributed by atoms with Crippen molar-refractivity contribution in [2.24, 2.45) is 0 Å². The largest absolute Gasteiger partial charge is 0.410 e. The van der Waals surface area contributed by atoms with Gasteiger partial charge in [-0.3, -0.25) is 0 Å². The van der Waals surface area contributed by atoms with E-state index in [-0.39, 0.29) is 17.4 Å². The van der Waals surface area contributed by atoms with Gasteiger partial charge in [-0.15, -0.1) is 0 Å². The van der Waals surface area contributed by atoms with Gasteiger partial charge < -0.3 is 9.15 Å². The van der Waals surface area contributed by atoms with Gasteiger partial charge in [-0.25, -0.2) is 0 Å². The van der Waals surface area contributed by atoms with Gasteiger partial charge >= 0.3 is 6.08 Å². The minimum Gasteiger partial charge on any atom is -0.410 e. The molecule has 0 aliphatic rings. The molecule has 1 aromatic heterocycles. The monoisotopic (exact) mass is 210 g/mol. The summed E-state index contributed by atoms with van der Waals surface area (Å²) in [6, 6.07) is 8.36. The summed E-state index contributed by atoms with van der Waals surface area (Å²) in [4.78, 5) is 3.71. The minimum atomic E-state index is 0.00112. The normalized spacial score (nSPS) is 9.12. The lowest BCUT2D eigenvalue weighted by molar-refractivity contribution is 0.327. The zero-order valence-electron chi connectivity index (χ0n) is 7.97. The van der Waals surface area contributed by atoms with Crippen molar-refractivity contribution in [2.45, 2.75) is 0 Å². The second-order valence-electron chi connectivity index (χ2n) is 2.78. The summed E-state index contributed by atoms with van der Waals surface area (Å²) >= 11 is 0. The minimum absolute atomic E-state index is 0.00112. The number of oxazole rings is 1. The van der Waals surface area contributed by atoms with Gasteiger partial charge in [-0.2, -0.15) is 15.5 Å². The molecule has 2 rings (SSSR count). The number of hydrogen-bond acceptors (Lipinski definition) is 5. The Bertz CT molecular complexity index is 576. The van der Waals surface area contributed by atoms with Gasteiger partial charge in [0.25, 0.3) is 0 Å². The summed E-state index contributed by atoms with van der Waals surface area (Å²) < 4.78 is 9.96. The van der Waals surface area contributed by atoms with Gasteiger partial charge in [-0.1, -0.05) is 0 Å². The van der Waals surface area contributed by atoms with E-state index in [1.54, 1.807) is 6.07 Å². The molecule has 75 valence electrons. The smallest absolute Gasteiger partial charge is 0.399 e. The topological polar surface area (TPSA) is 82.8 Å². The van der Waals surface area contributed by atoms with Crippen LogP contribution in [0.4, 0.5) is 0 Å². The lowest BCUT2D eigenvalue weighted by Crippen LogP contribution is -1.89. The standard InChI is InChI=1S/C11H4N3O2/c12-6-8-1-2-10(9(5-8)7-13)16-11-14-3-4-15-11/h1-3,5H. The number of rotatable bonds is 2. The Kier molecular flexibility index (Phi) is 2.53. The molecule has 5 nitrogen and oxygen atoms in total. The lowest BCUT2D eigenvalue weighted by Gasteiger charge is -2.02. The Labute approximate surface area is 91.1 Å². The molecule has 0 saturated heterocycles. The van der Waals surface area contributed by atoms with Crippen molar-refractivity contribution in [3.8, 4) is 24.0 Å². The van der Waals surface area contributed by atoms with Crippen LogP contribution in [0.1, 0.15) is 11.1 Å². The highest BCUT2D eigenvalue weighted by atomic mass is 16.6. The van der Waals surface area contributed by atoms with Gasteiger partial charge in [0.15, 0.2) is 12.0 Å². The fraction of sp³-hybridized carbons (Fsp3) is 0. The third-order valence-electron chi connectivity index (χ3n) is 1.80. The predicted molar refractivity (Wildman–Crippen MR) is 51.3 cm³/mol. The average Bonchev–Trinajstić information content (AvgIpc) is 2.82. The van der Waals surface area contributed by atoms with Gasteiger partial charge in [0, 0.05) is 0 Å². The van der Waals surface area contributed by atoms with E-state index >= 15 is 0 Å². The maximum Gasteiger partial charge on any atom is 0.399 e. The van der Waals surface area contributed by atoms with Gasteiger partial charge in [0.1, 0.15) is 6.07 Å². The molecule has 1 aromatic carbocycles. The van der Waals surface area contributed by atoms with Crippen LogP contribution in [0.5, 0.6) is 11.8 Å². The molecular formula is C11H4N3O2. The Morgan fingerprint density at radius 2 is 2.19 bits per heavy atom. The van der Waals surface area contributed by atoms with Crippen molar-refractivity contribution < 1.29 is 9.15 Å². The quantitative estimate of drug-likeness (QED) is 0.756. The van der Waals surface area contributed by atoms with Crippen LogP contribution in [-0.4, -0.2) is 4.98 Å². The van der Waals surface area contributed by atoms with Crippen LogP contribution in [0.2, 0.25) is 0 Å². The van der Waals surface area contributed by atoms with E-state index < -0.39 is 0 Å². The maximum absolute atomic E-state index is 8.87. The van der Waals surface area contributed by atoms with Gasteiger partial charge in [-0.05, 0) is 18.2 Å². The summed E-state index contributed by atoms with van der Waals surface area (Å²) in [6.07, 6.45) is 3.68. The third-order valence-corrected chi connectivity index (χ3v) is 1.80. The van der Waals surface area contributed by atoms with E-state index in [2.05, 4.69) is 11.2 Å². The number of ether oxygens (including phenoxy) is 1. The molecule has 16 heavy (non-hydrogen) atoms. The first kappa shape index (κ1) is 9.75. The van der Waals surface area contributed by atoms with Crippen molar-refractivity contribution in [1.82, 2.24) is 4.98 Å². The Morgan fingerprint density at radius 1 is 1.31 bits per heavy atom. The second-order valence-corrected chi connectivity index (χ2v) is 2.78. The molecule has 1 heterocycles. The Balaban J connectivity index is 2.36. The van der Waals surface area contributed by atoms with Crippen molar-refractivity contribution in [3.05, 3.63) is 41.8 Å². The van der Waals surface area contributed by atoms with Crippen LogP contribution in [0, 0.1) is 28.9 Å². The first-order valence-corrected chi connectivity index (χ1v) is 4.27. The fourth-order valence-electron chi connectivity index (χ4n) is 1.10. The number of benzene rings is 1. The number of hydrogen-bond donors (Lipinski definition) is 0. The number of nitriles is 2. The van der Waals surface area contributed by atoms with E-state index in [1.807, 2.05) is 12.1 Å². The first-order chi connectivity index (χ1) is 7.83. The van der Waals surface area contributed by atoms with Crippen molar-refractivity contribution in [3.63, 3.8) is 0 Å². The second kappa shape index (κ2) is 4.16. The summed E-state index contributed by atoms with van der Waals surface area (Å²) in [5.74, 6) is 0.289. The number of aromatic nitrogens is 1. The highest BCUT2D eigenvalue weighted by Gasteiger charge is 2.08. The molecular weight excluding hydrogens is 206 g/mol. The van der Waals surface area contributed by atoms with E-state index in [0.29, 0.717) is 5.56 Å². The van der Waals surface area contributed by atoms with Crippen LogP contribution >= 0.6 is 0 Å². The molecule has 5 heteroatoms. The first-order valence-electron chi connectivity index (χ1n) is 4.27. The molecule has 0 unspecified atom stereocenters. The summed E-state index contributed by atoms with van der Waals surface area (Å²) in [5.41, 5.74) is 0.639. The summed E-state index contributed by atoms with van der Waals surface area (Å²) in [7, 11) is 0. The average molecular weight is 210 g/mol. The molecule has 0 fully saturated rings. The molecule has 0 atom stereocenters. The third kappa shape index (κ3) is 1.84. The predicted octanol–water partition coefficient (Wildman–Crippen LogP) is 2.01. The van der Waals surface area contributed by atoms with Gasteiger partial charge in [0.2, 0.25) is 0 Å². The van der Waals surface area contributed by atoms with Crippen molar-refractivity contribution in [1.29, 1.82) is 10.5 Å². The highest BCUT2D eigenvalue weighted by molar-refractivity contribution is 5.49. The van der Waals surface area contributed by atoms with E-state index in [4.69, 9.17) is 19.7 Å². The van der Waals surface area contributed by atoms with Crippen molar-refractivity contribution in [2.75, 3.05) is 0 Å². The Morgan fingerprint density at radius 3 is 2.81 bits per heavy atom. The zero-order chi connectivity index (χ0) is 11.4. The van der Waals surface area contributed by atoms with E-state index in [0.717, 1.165) is 0 Å². The van der Waals surface area contributed by atoms with Crippen LogP contribution in [0.15, 0.2) is 28.8 Å². The van der Waals surface area contributed by atoms with Crippen LogP contribution in [0.3, 0.4) is 0 Å². The molecule has 1 radical (unpaired) electrons. The SMILES string of the molecule is N#Cc1ccc(Oc2nc[c]o2)c(C#N)c1. The summed E-state index contributed by atoms with van der Waals surface area (Å²) in [5, 5.41) is 17.5. The van der Waals surface area contributed by atoms with E-state index in [1.165, 1.54) is 18.3 Å².